The highest BCUT2D eigenvalue weighted by atomic mass is 16.5. The summed E-state index contributed by atoms with van der Waals surface area (Å²) >= 11 is 0. The lowest BCUT2D eigenvalue weighted by atomic mass is 9.92. The normalized spacial score (nSPS) is 16.3. The summed E-state index contributed by atoms with van der Waals surface area (Å²) in [7, 11) is 1.58. The third-order valence-corrected chi connectivity index (χ3v) is 3.38. The van der Waals surface area contributed by atoms with Gasteiger partial charge in [0.05, 0.1) is 18.9 Å². The molecule has 0 spiro atoms. The number of methoxy groups -OCH3 is 1. The van der Waals surface area contributed by atoms with E-state index in [4.69, 9.17) is 9.47 Å². The van der Waals surface area contributed by atoms with E-state index >= 15 is 0 Å². The highest BCUT2D eigenvalue weighted by Crippen LogP contribution is 2.36. The Kier molecular flexibility index (Phi) is 5.16. The minimum atomic E-state index is -0.764. The van der Waals surface area contributed by atoms with Gasteiger partial charge in [0, 0.05) is 13.2 Å². The summed E-state index contributed by atoms with van der Waals surface area (Å²) < 4.78 is 12.7. The Hall–Kier alpha value is -1.07. The van der Waals surface area contributed by atoms with Crippen molar-refractivity contribution >= 4 is 0 Å². The Balaban J connectivity index is 3.14. The van der Waals surface area contributed by atoms with E-state index in [1.807, 2.05) is 27.7 Å². The van der Waals surface area contributed by atoms with Crippen LogP contribution in [-0.4, -0.2) is 34.2 Å². The van der Waals surface area contributed by atoms with Crippen LogP contribution in [0.4, 0.5) is 0 Å². The van der Waals surface area contributed by atoms with Gasteiger partial charge in [0.15, 0.2) is 5.75 Å². The summed E-state index contributed by atoms with van der Waals surface area (Å²) in [5, 5.41) is 14.8. The highest BCUT2D eigenvalue weighted by Gasteiger charge is 2.37. The van der Waals surface area contributed by atoms with Crippen LogP contribution in [0.5, 0.6) is 5.75 Å². The third kappa shape index (κ3) is 2.67. The van der Waals surface area contributed by atoms with Gasteiger partial charge in [-0.3, -0.25) is 4.68 Å². The summed E-state index contributed by atoms with van der Waals surface area (Å²) in [5.41, 5.74) is 0.0485. The van der Waals surface area contributed by atoms with Gasteiger partial charge >= 0.3 is 0 Å². The standard InChI is InChI=1S/C13H24N2O3/c1-6-13(4,18-8-3)12(16)11-10(17-5)9-14-15(11)7-2/h9,12,16H,6-8H2,1-5H3. The van der Waals surface area contributed by atoms with Crippen LogP contribution in [0.25, 0.3) is 0 Å². The predicted octanol–water partition coefficient (Wildman–Crippen LogP) is 2.15. The maximum absolute atomic E-state index is 10.6. The lowest BCUT2D eigenvalue weighted by molar-refractivity contribution is -0.116. The molecule has 1 aromatic heterocycles. The molecule has 0 saturated carbocycles. The van der Waals surface area contributed by atoms with E-state index in [1.165, 1.54) is 0 Å². The Morgan fingerprint density at radius 1 is 1.44 bits per heavy atom. The van der Waals surface area contributed by atoms with Crippen LogP contribution >= 0.6 is 0 Å². The van der Waals surface area contributed by atoms with Gasteiger partial charge in [-0.15, -0.1) is 0 Å². The number of aliphatic hydroxyl groups excluding tert-OH is 1. The van der Waals surface area contributed by atoms with E-state index in [1.54, 1.807) is 18.0 Å². The van der Waals surface area contributed by atoms with Crippen LogP contribution in [0.2, 0.25) is 0 Å². The molecule has 0 saturated heterocycles. The van der Waals surface area contributed by atoms with E-state index in [0.29, 0.717) is 31.0 Å². The van der Waals surface area contributed by atoms with Gasteiger partial charge < -0.3 is 14.6 Å². The Bertz CT molecular complexity index is 357. The van der Waals surface area contributed by atoms with Crippen molar-refractivity contribution in [3.05, 3.63) is 11.9 Å². The largest absolute Gasteiger partial charge is 0.493 e. The molecule has 0 radical (unpaired) electrons. The fraction of sp³-hybridized carbons (Fsp3) is 0.769. The topological polar surface area (TPSA) is 56.5 Å². The molecule has 5 nitrogen and oxygen atoms in total. The minimum absolute atomic E-state index is 0.560. The number of aliphatic hydroxyl groups is 1. The van der Waals surface area contributed by atoms with Gasteiger partial charge in [0.2, 0.25) is 0 Å². The average Bonchev–Trinajstić information content (AvgIpc) is 2.80. The van der Waals surface area contributed by atoms with Gasteiger partial charge in [0.25, 0.3) is 0 Å². The number of rotatable bonds is 7. The van der Waals surface area contributed by atoms with E-state index in [-0.39, 0.29) is 0 Å². The van der Waals surface area contributed by atoms with Crippen molar-refractivity contribution in [3.63, 3.8) is 0 Å². The van der Waals surface area contributed by atoms with Gasteiger partial charge in [-0.1, -0.05) is 6.92 Å². The molecule has 5 heteroatoms. The first-order valence-corrected chi connectivity index (χ1v) is 6.45. The maximum atomic E-state index is 10.6. The number of nitrogens with zero attached hydrogens (tertiary/aromatic N) is 2. The average molecular weight is 256 g/mol. The Labute approximate surface area is 109 Å². The van der Waals surface area contributed by atoms with Crippen LogP contribution in [0.3, 0.4) is 0 Å². The second-order valence-corrected chi connectivity index (χ2v) is 4.42. The molecule has 0 aliphatic rings. The number of hydrogen-bond acceptors (Lipinski definition) is 4. The van der Waals surface area contributed by atoms with Crippen LogP contribution in [0.1, 0.15) is 45.9 Å². The van der Waals surface area contributed by atoms with Gasteiger partial charge in [-0.25, -0.2) is 0 Å². The molecule has 0 amide bonds. The first kappa shape index (κ1) is 15.0. The second-order valence-electron chi connectivity index (χ2n) is 4.42. The van der Waals surface area contributed by atoms with Crippen molar-refractivity contribution in [2.24, 2.45) is 0 Å². The smallest absolute Gasteiger partial charge is 0.162 e. The molecule has 0 aromatic carbocycles. The predicted molar refractivity (Wildman–Crippen MR) is 69.7 cm³/mol. The molecule has 18 heavy (non-hydrogen) atoms. The monoisotopic (exact) mass is 256 g/mol. The van der Waals surface area contributed by atoms with Crippen molar-refractivity contribution < 1.29 is 14.6 Å². The van der Waals surface area contributed by atoms with E-state index < -0.39 is 11.7 Å². The SMILES string of the molecule is CCOC(C)(CC)C(O)c1c(OC)cnn1CC. The van der Waals surface area contributed by atoms with Crippen LogP contribution in [0, 0.1) is 0 Å². The number of hydrogen-bond donors (Lipinski definition) is 1. The molecule has 0 aliphatic carbocycles. The molecule has 1 heterocycles. The maximum Gasteiger partial charge on any atom is 0.162 e. The van der Waals surface area contributed by atoms with Crippen molar-refractivity contribution in [2.75, 3.05) is 13.7 Å². The molecule has 2 unspecified atom stereocenters. The number of ether oxygens (including phenoxy) is 2. The van der Waals surface area contributed by atoms with Crippen LogP contribution in [0.15, 0.2) is 6.20 Å². The third-order valence-electron chi connectivity index (χ3n) is 3.38. The minimum Gasteiger partial charge on any atom is -0.493 e. The van der Waals surface area contributed by atoms with Gasteiger partial charge in [-0.2, -0.15) is 5.10 Å². The van der Waals surface area contributed by atoms with E-state index in [0.717, 1.165) is 0 Å². The molecule has 0 fully saturated rings. The molecule has 0 aliphatic heterocycles. The highest BCUT2D eigenvalue weighted by molar-refractivity contribution is 5.29. The molecule has 2 atom stereocenters. The summed E-state index contributed by atoms with van der Waals surface area (Å²) in [5.74, 6) is 0.601. The molecular weight excluding hydrogens is 232 g/mol. The summed E-state index contributed by atoms with van der Waals surface area (Å²) in [6.45, 7) is 9.05. The fourth-order valence-electron chi connectivity index (χ4n) is 2.06. The molecule has 104 valence electrons. The van der Waals surface area contributed by atoms with Gasteiger partial charge in [0.1, 0.15) is 11.8 Å². The van der Waals surface area contributed by atoms with Crippen LogP contribution in [-0.2, 0) is 11.3 Å². The van der Waals surface area contributed by atoms with E-state index in [2.05, 4.69) is 5.10 Å². The first-order chi connectivity index (χ1) is 8.53. The molecule has 1 N–H and O–H groups in total. The van der Waals surface area contributed by atoms with Gasteiger partial charge in [-0.05, 0) is 27.2 Å². The zero-order valence-electron chi connectivity index (χ0n) is 11.9. The van der Waals surface area contributed by atoms with Crippen molar-refractivity contribution in [1.29, 1.82) is 0 Å². The van der Waals surface area contributed by atoms with Crippen molar-refractivity contribution in [3.8, 4) is 5.75 Å². The molecule has 1 rings (SSSR count). The van der Waals surface area contributed by atoms with Crippen molar-refractivity contribution in [1.82, 2.24) is 9.78 Å². The van der Waals surface area contributed by atoms with E-state index in [9.17, 15) is 5.11 Å². The Morgan fingerprint density at radius 3 is 2.56 bits per heavy atom. The quantitative estimate of drug-likeness (QED) is 0.812. The Morgan fingerprint density at radius 2 is 2.11 bits per heavy atom. The first-order valence-electron chi connectivity index (χ1n) is 6.45. The molecule has 1 aromatic rings. The number of aryl methyl sites for hydroxylation is 1. The molecule has 0 bridgehead atoms. The second kappa shape index (κ2) is 6.20. The molecular formula is C13H24N2O3. The van der Waals surface area contributed by atoms with Crippen molar-refractivity contribution in [2.45, 2.75) is 52.4 Å². The fourth-order valence-corrected chi connectivity index (χ4v) is 2.06. The number of aromatic nitrogens is 2. The summed E-state index contributed by atoms with van der Waals surface area (Å²) in [6, 6.07) is 0. The lowest BCUT2D eigenvalue weighted by Crippen LogP contribution is -2.37. The summed E-state index contributed by atoms with van der Waals surface area (Å²) in [6.07, 6.45) is 1.57. The zero-order valence-corrected chi connectivity index (χ0v) is 11.9. The lowest BCUT2D eigenvalue weighted by Gasteiger charge is -2.33. The zero-order chi connectivity index (χ0) is 13.8. The summed E-state index contributed by atoms with van der Waals surface area (Å²) in [4.78, 5) is 0. The van der Waals surface area contributed by atoms with Crippen LogP contribution < -0.4 is 4.74 Å².